The van der Waals surface area contributed by atoms with Gasteiger partial charge in [-0.1, -0.05) is 29.8 Å². The first-order valence-corrected chi connectivity index (χ1v) is 7.38. The molecular formula is C16H19ClN2O2. The summed E-state index contributed by atoms with van der Waals surface area (Å²) in [5.74, 6) is 2.33. The number of aliphatic hydroxyl groups excluding tert-OH is 1. The van der Waals surface area contributed by atoms with Crippen LogP contribution < -0.4 is 0 Å². The topological polar surface area (TPSA) is 43.8 Å². The first kappa shape index (κ1) is 15.8. The van der Waals surface area contributed by atoms with Crippen molar-refractivity contribution >= 4 is 17.5 Å². The van der Waals surface area contributed by atoms with Gasteiger partial charge in [-0.3, -0.25) is 9.69 Å². The molecule has 4 nitrogen and oxygen atoms in total. The van der Waals surface area contributed by atoms with Crippen molar-refractivity contribution in [1.29, 1.82) is 0 Å². The van der Waals surface area contributed by atoms with E-state index in [4.69, 9.17) is 18.0 Å². The van der Waals surface area contributed by atoms with E-state index in [0.29, 0.717) is 23.7 Å². The fourth-order valence-corrected chi connectivity index (χ4v) is 2.66. The van der Waals surface area contributed by atoms with Crippen LogP contribution in [0.25, 0.3) is 0 Å². The highest BCUT2D eigenvalue weighted by Gasteiger charge is 2.27. The normalized spacial score (nSPS) is 17.3. The van der Waals surface area contributed by atoms with E-state index < -0.39 is 6.10 Å². The molecule has 21 heavy (non-hydrogen) atoms. The molecule has 0 bridgehead atoms. The van der Waals surface area contributed by atoms with Crippen LogP contribution in [0.1, 0.15) is 18.1 Å². The zero-order chi connectivity index (χ0) is 15.2. The molecule has 2 rings (SSSR count). The maximum absolute atomic E-state index is 12.3. The van der Waals surface area contributed by atoms with Gasteiger partial charge in [0.15, 0.2) is 6.10 Å². The third-order valence-electron chi connectivity index (χ3n) is 3.69. The summed E-state index contributed by atoms with van der Waals surface area (Å²) in [6.45, 7) is 3.62. The summed E-state index contributed by atoms with van der Waals surface area (Å²) in [6, 6.07) is 6.88. The highest BCUT2D eigenvalue weighted by molar-refractivity contribution is 6.31. The summed E-state index contributed by atoms with van der Waals surface area (Å²) < 4.78 is 0. The molecular weight excluding hydrogens is 288 g/mol. The van der Waals surface area contributed by atoms with Crippen molar-refractivity contribution < 1.29 is 9.90 Å². The lowest BCUT2D eigenvalue weighted by atomic mass is 10.1. The van der Waals surface area contributed by atoms with Crippen molar-refractivity contribution in [1.82, 2.24) is 9.80 Å². The molecule has 0 aliphatic carbocycles. The number of halogens is 1. The van der Waals surface area contributed by atoms with Crippen LogP contribution in [0.4, 0.5) is 0 Å². The molecule has 1 aromatic rings. The maximum atomic E-state index is 12.3. The number of amides is 1. The van der Waals surface area contributed by atoms with Gasteiger partial charge in [-0.15, -0.1) is 12.3 Å². The molecule has 1 aliphatic heterocycles. The van der Waals surface area contributed by atoms with Gasteiger partial charge in [-0.2, -0.15) is 0 Å². The zero-order valence-electron chi connectivity index (χ0n) is 11.8. The predicted molar refractivity (Wildman–Crippen MR) is 82.9 cm³/mol. The van der Waals surface area contributed by atoms with Gasteiger partial charge in [-0.05, 0) is 6.07 Å². The van der Waals surface area contributed by atoms with E-state index in [1.54, 1.807) is 29.2 Å². The average Bonchev–Trinajstić information content (AvgIpc) is 2.52. The predicted octanol–water partition coefficient (Wildman–Crippen LogP) is 1.54. The smallest absolute Gasteiger partial charge is 0.256 e. The number of hydrogen-bond donors (Lipinski definition) is 1. The van der Waals surface area contributed by atoms with Gasteiger partial charge in [-0.25, -0.2) is 0 Å². The monoisotopic (exact) mass is 306 g/mol. The molecule has 1 aliphatic rings. The third-order valence-corrected chi connectivity index (χ3v) is 4.03. The Kier molecular flexibility index (Phi) is 5.63. The summed E-state index contributed by atoms with van der Waals surface area (Å²) in [5.41, 5.74) is 0.457. The van der Waals surface area contributed by atoms with Crippen molar-refractivity contribution in [3.05, 3.63) is 34.9 Å². The Balaban J connectivity index is 1.93. The van der Waals surface area contributed by atoms with E-state index in [-0.39, 0.29) is 5.91 Å². The van der Waals surface area contributed by atoms with E-state index >= 15 is 0 Å². The number of benzene rings is 1. The average molecular weight is 307 g/mol. The minimum absolute atomic E-state index is 0.292. The summed E-state index contributed by atoms with van der Waals surface area (Å²) in [7, 11) is 0. The molecule has 0 unspecified atom stereocenters. The number of piperazine rings is 1. The van der Waals surface area contributed by atoms with Crippen LogP contribution in [-0.4, -0.2) is 53.5 Å². The third kappa shape index (κ3) is 3.98. The van der Waals surface area contributed by atoms with Gasteiger partial charge >= 0.3 is 0 Å². The van der Waals surface area contributed by atoms with Crippen molar-refractivity contribution in [2.75, 3.05) is 32.7 Å². The highest BCUT2D eigenvalue weighted by atomic mass is 35.5. The second kappa shape index (κ2) is 7.46. The molecule has 0 aromatic heterocycles. The Hall–Kier alpha value is -1.54. The number of carbonyl (C=O) groups is 1. The lowest BCUT2D eigenvalue weighted by Gasteiger charge is -2.35. The van der Waals surface area contributed by atoms with Crippen molar-refractivity contribution in [2.24, 2.45) is 0 Å². The fourth-order valence-electron chi connectivity index (χ4n) is 2.42. The Morgan fingerprint density at radius 2 is 2.00 bits per heavy atom. The summed E-state index contributed by atoms with van der Waals surface area (Å²) in [4.78, 5) is 16.2. The molecule has 1 aromatic carbocycles. The molecule has 0 spiro atoms. The largest absolute Gasteiger partial charge is 0.378 e. The summed E-state index contributed by atoms with van der Waals surface area (Å²) >= 11 is 6.02. The molecule has 1 amide bonds. The first-order chi connectivity index (χ1) is 10.1. The highest BCUT2D eigenvalue weighted by Crippen LogP contribution is 2.24. The van der Waals surface area contributed by atoms with E-state index in [2.05, 4.69) is 10.8 Å². The van der Waals surface area contributed by atoms with Gasteiger partial charge < -0.3 is 10.0 Å². The lowest BCUT2D eigenvalue weighted by Crippen LogP contribution is -2.50. The van der Waals surface area contributed by atoms with Gasteiger partial charge in [0.1, 0.15) is 0 Å². The first-order valence-electron chi connectivity index (χ1n) is 7.00. The van der Waals surface area contributed by atoms with Crippen molar-refractivity contribution in [3.63, 3.8) is 0 Å². The van der Waals surface area contributed by atoms with E-state index in [1.807, 2.05) is 0 Å². The number of hydrogen-bond acceptors (Lipinski definition) is 3. The molecule has 1 N–H and O–H groups in total. The fraction of sp³-hybridized carbons (Fsp3) is 0.438. The summed E-state index contributed by atoms with van der Waals surface area (Å²) in [5, 5.41) is 10.6. The Morgan fingerprint density at radius 3 is 2.62 bits per heavy atom. The summed E-state index contributed by atoms with van der Waals surface area (Å²) in [6.07, 6.45) is 4.77. The molecule has 1 atom stereocenters. The quantitative estimate of drug-likeness (QED) is 0.858. The van der Waals surface area contributed by atoms with E-state index in [9.17, 15) is 9.90 Å². The number of nitrogens with zero attached hydrogens (tertiary/aromatic N) is 2. The maximum Gasteiger partial charge on any atom is 0.256 e. The number of carbonyl (C=O) groups excluding carboxylic acids is 1. The molecule has 1 heterocycles. The van der Waals surface area contributed by atoms with E-state index in [1.165, 1.54) is 0 Å². The molecule has 112 valence electrons. The van der Waals surface area contributed by atoms with Gasteiger partial charge in [0.2, 0.25) is 0 Å². The van der Waals surface area contributed by atoms with Gasteiger partial charge in [0.05, 0.1) is 0 Å². The van der Waals surface area contributed by atoms with Gasteiger partial charge in [0, 0.05) is 49.7 Å². The van der Waals surface area contributed by atoms with Crippen LogP contribution in [0.5, 0.6) is 0 Å². The SMILES string of the molecule is C#CCCN1CCN(C(=O)[C@H](O)c2ccccc2Cl)CC1. The molecule has 0 saturated carbocycles. The van der Waals surface area contributed by atoms with Crippen LogP contribution in [0.3, 0.4) is 0 Å². The van der Waals surface area contributed by atoms with Gasteiger partial charge in [0.25, 0.3) is 5.91 Å². The van der Waals surface area contributed by atoms with Crippen LogP contribution in [-0.2, 0) is 4.79 Å². The van der Waals surface area contributed by atoms with Crippen molar-refractivity contribution in [2.45, 2.75) is 12.5 Å². The zero-order valence-corrected chi connectivity index (χ0v) is 12.6. The molecule has 1 fully saturated rings. The number of rotatable bonds is 4. The Bertz CT molecular complexity index is 533. The Morgan fingerprint density at radius 1 is 1.33 bits per heavy atom. The number of aliphatic hydroxyl groups is 1. The Labute approximate surface area is 130 Å². The molecule has 5 heteroatoms. The van der Waals surface area contributed by atoms with Crippen LogP contribution >= 0.6 is 11.6 Å². The minimum atomic E-state index is -1.20. The van der Waals surface area contributed by atoms with Crippen LogP contribution in [0.2, 0.25) is 5.02 Å². The minimum Gasteiger partial charge on any atom is -0.378 e. The van der Waals surface area contributed by atoms with Crippen LogP contribution in [0.15, 0.2) is 24.3 Å². The standard InChI is InChI=1S/C16H19ClN2O2/c1-2-3-8-18-9-11-19(12-10-18)16(21)15(20)13-6-4-5-7-14(13)17/h1,4-7,15,20H,3,8-12H2/t15-/m1/s1. The number of terminal acetylenes is 1. The van der Waals surface area contributed by atoms with Crippen molar-refractivity contribution in [3.8, 4) is 12.3 Å². The molecule has 1 saturated heterocycles. The second-order valence-corrected chi connectivity index (χ2v) is 5.45. The second-order valence-electron chi connectivity index (χ2n) is 5.05. The lowest BCUT2D eigenvalue weighted by molar-refractivity contribution is -0.142. The van der Waals surface area contributed by atoms with Crippen LogP contribution in [0, 0.1) is 12.3 Å². The van der Waals surface area contributed by atoms with E-state index in [0.717, 1.165) is 26.1 Å². The molecule has 0 radical (unpaired) electrons.